The molecule has 0 radical (unpaired) electrons. The van der Waals surface area contributed by atoms with Gasteiger partial charge in [-0.1, -0.05) is 126 Å². The van der Waals surface area contributed by atoms with Crippen LogP contribution >= 0.6 is 0 Å². The second-order valence-electron chi connectivity index (χ2n) is 19.4. The van der Waals surface area contributed by atoms with Gasteiger partial charge in [-0.15, -0.1) is 6.58 Å². The third-order valence-corrected chi connectivity index (χ3v) is 14.3. The SMILES string of the molecule is C=CCOC12Oc3ccc(OC(=O)NCc4ccccc4)cc3C3C(CCCCO)C(CCCCO)C=C(C(=NOCc4ccc([N+](=O)[O-])cc4)CC1N(CCC)C(=O)CCCCCCCCCCC)C32. The van der Waals surface area contributed by atoms with Crippen LogP contribution < -0.4 is 14.8 Å². The van der Waals surface area contributed by atoms with Crippen molar-refractivity contribution in [1.29, 1.82) is 0 Å². The zero-order chi connectivity index (χ0) is 50.4. The van der Waals surface area contributed by atoms with Crippen LogP contribution in [0.5, 0.6) is 11.5 Å². The number of non-ortho nitro benzene ring substituents is 1. The Morgan fingerprint density at radius 2 is 1.59 bits per heavy atom. The molecule has 6 rings (SSSR count). The number of aliphatic hydroxyl groups excluding tert-OH is 2. The average Bonchev–Trinajstić information content (AvgIpc) is 3.38. The number of carbonyl (C=O) groups excluding carboxylic acids is 2. The van der Waals surface area contributed by atoms with Gasteiger partial charge < -0.3 is 39.5 Å². The summed E-state index contributed by atoms with van der Waals surface area (Å²) in [4.78, 5) is 47.4. The summed E-state index contributed by atoms with van der Waals surface area (Å²) in [6.07, 6.45) is 19.2. The molecule has 14 heteroatoms. The van der Waals surface area contributed by atoms with Crippen molar-refractivity contribution in [2.24, 2.45) is 22.9 Å². The van der Waals surface area contributed by atoms with Gasteiger partial charge in [-0.25, -0.2) is 4.79 Å². The Hall–Kier alpha value is -5.57. The fourth-order valence-electron chi connectivity index (χ4n) is 10.9. The van der Waals surface area contributed by atoms with E-state index in [0.717, 1.165) is 68.1 Å². The molecule has 3 aliphatic rings. The molecule has 71 heavy (non-hydrogen) atoms. The summed E-state index contributed by atoms with van der Waals surface area (Å²) in [5, 5.41) is 39.2. The standard InChI is InChI=1S/C57H78N4O10/c1-4-7-8-9-10-11-12-13-17-26-53(64)60(33-5-2)52-39-50(59-69-41-43-27-29-45(30-28-43)61(66)67)48-37-44(24-18-20-34-62)47(25-19-21-35-63)54-49-38-46(70-56(65)58-40-42-22-15-14-16-23-42)31-32-51(49)71-57(52,55(48)54)68-36-6-3/h6,14-16,22-23,27-32,37-38,44,47,52,54-55,62-63H,3-5,7-13,17-21,24-26,33-36,39-41H2,1-2H3,(H,58,65). The minimum Gasteiger partial charge on any atom is -0.459 e. The van der Waals surface area contributed by atoms with Gasteiger partial charge in [0.05, 0.1) is 23.2 Å². The molecule has 0 bridgehead atoms. The van der Waals surface area contributed by atoms with Crippen LogP contribution in [-0.4, -0.2) is 75.9 Å². The molecule has 0 saturated heterocycles. The maximum Gasteiger partial charge on any atom is 0.412 e. The normalized spacial score (nSPS) is 21.5. The van der Waals surface area contributed by atoms with Gasteiger partial charge in [0.25, 0.3) is 5.69 Å². The number of nitrogens with zero attached hydrogens (tertiary/aromatic N) is 3. The summed E-state index contributed by atoms with van der Waals surface area (Å²) in [6.45, 7) is 9.41. The highest BCUT2D eigenvalue weighted by Crippen LogP contribution is 2.62. The molecule has 3 aromatic carbocycles. The Labute approximate surface area is 421 Å². The monoisotopic (exact) mass is 979 g/mol. The molecule has 3 N–H and O–H groups in total. The molecule has 0 aromatic heterocycles. The molecule has 2 aliphatic carbocycles. The summed E-state index contributed by atoms with van der Waals surface area (Å²) in [6, 6.07) is 20.6. The van der Waals surface area contributed by atoms with E-state index in [1.165, 1.54) is 44.2 Å². The van der Waals surface area contributed by atoms with Gasteiger partial charge in [-0.2, -0.15) is 0 Å². The number of benzene rings is 3. The number of fused-ring (bicyclic) bond motifs is 2. The molecule has 14 nitrogen and oxygen atoms in total. The fraction of sp³-hybridized carbons (Fsp3) is 0.561. The Balaban J connectivity index is 1.45. The lowest BCUT2D eigenvalue weighted by molar-refractivity contribution is -0.384. The molecule has 386 valence electrons. The Morgan fingerprint density at radius 1 is 0.887 bits per heavy atom. The van der Waals surface area contributed by atoms with E-state index < -0.39 is 28.8 Å². The average molecular weight is 979 g/mol. The number of ether oxygens (including phenoxy) is 3. The molecule has 6 unspecified atom stereocenters. The minimum atomic E-state index is -1.42. The van der Waals surface area contributed by atoms with E-state index in [4.69, 9.17) is 24.2 Å². The fourth-order valence-corrected chi connectivity index (χ4v) is 10.9. The highest BCUT2D eigenvalue weighted by molar-refractivity contribution is 6.03. The van der Waals surface area contributed by atoms with E-state index in [2.05, 4.69) is 31.8 Å². The first-order valence-corrected chi connectivity index (χ1v) is 26.4. The number of hydrogen-bond donors (Lipinski definition) is 3. The zero-order valence-corrected chi connectivity index (χ0v) is 42.1. The minimum absolute atomic E-state index is 0.00487. The Bertz CT molecular complexity index is 2220. The first-order valence-electron chi connectivity index (χ1n) is 26.4. The predicted molar refractivity (Wildman–Crippen MR) is 276 cm³/mol. The van der Waals surface area contributed by atoms with Gasteiger partial charge in [0, 0.05) is 62.8 Å². The van der Waals surface area contributed by atoms with Gasteiger partial charge in [-0.3, -0.25) is 14.9 Å². The lowest BCUT2D eigenvalue weighted by atomic mass is 9.55. The van der Waals surface area contributed by atoms with E-state index in [0.29, 0.717) is 61.5 Å². The van der Waals surface area contributed by atoms with Crippen LogP contribution in [-0.2, 0) is 27.5 Å². The molecular weight excluding hydrogens is 901 g/mol. The van der Waals surface area contributed by atoms with Gasteiger partial charge in [0.1, 0.15) is 24.1 Å². The largest absolute Gasteiger partial charge is 0.459 e. The number of rotatable bonds is 31. The van der Waals surface area contributed by atoms with Crippen LogP contribution in [0.15, 0.2) is 102 Å². The third kappa shape index (κ3) is 14.8. The Morgan fingerprint density at radius 3 is 2.27 bits per heavy atom. The van der Waals surface area contributed by atoms with Crippen molar-refractivity contribution in [3.05, 3.63) is 124 Å². The van der Waals surface area contributed by atoms with E-state index in [-0.39, 0.29) is 62.2 Å². The number of unbranched alkanes of at least 4 members (excludes halogenated alkanes) is 10. The number of carbonyl (C=O) groups is 2. The number of nitrogens with one attached hydrogen (secondary N) is 1. The Kier molecular flexibility index (Phi) is 22.0. The van der Waals surface area contributed by atoms with Gasteiger partial charge in [0.15, 0.2) is 0 Å². The molecular formula is C57H78N4O10. The van der Waals surface area contributed by atoms with E-state index in [9.17, 15) is 29.9 Å². The quantitative estimate of drug-likeness (QED) is 0.0243. The van der Waals surface area contributed by atoms with E-state index in [1.54, 1.807) is 24.3 Å². The lowest BCUT2D eigenvalue weighted by Gasteiger charge is -2.60. The van der Waals surface area contributed by atoms with Crippen LogP contribution in [0.1, 0.15) is 152 Å². The first kappa shape index (κ1) is 54.8. The summed E-state index contributed by atoms with van der Waals surface area (Å²) in [7, 11) is 0. The number of aliphatic hydroxyl groups is 2. The van der Waals surface area contributed by atoms with Crippen molar-refractivity contribution in [2.75, 3.05) is 26.4 Å². The van der Waals surface area contributed by atoms with Gasteiger partial charge >= 0.3 is 6.09 Å². The zero-order valence-electron chi connectivity index (χ0n) is 42.1. The van der Waals surface area contributed by atoms with Crippen LogP contribution in [0.3, 0.4) is 0 Å². The number of hydrogen-bond acceptors (Lipinski definition) is 11. The van der Waals surface area contributed by atoms with Crippen LogP contribution in [0.2, 0.25) is 0 Å². The molecule has 1 aliphatic heterocycles. The third-order valence-electron chi connectivity index (χ3n) is 14.3. The second kappa shape index (κ2) is 28.5. The molecule has 1 heterocycles. The summed E-state index contributed by atoms with van der Waals surface area (Å²) in [5.74, 6) is -1.36. The van der Waals surface area contributed by atoms with E-state index in [1.807, 2.05) is 47.4 Å². The second-order valence-corrected chi connectivity index (χ2v) is 19.4. The number of nitro groups is 1. The summed E-state index contributed by atoms with van der Waals surface area (Å²) < 4.78 is 20.5. The number of oxime groups is 1. The number of nitro benzene ring substituents is 1. The van der Waals surface area contributed by atoms with E-state index >= 15 is 0 Å². The molecule has 1 fully saturated rings. The van der Waals surface area contributed by atoms with Crippen LogP contribution in [0, 0.1) is 27.9 Å². The maximum atomic E-state index is 14.9. The van der Waals surface area contributed by atoms with Crippen molar-refractivity contribution in [2.45, 2.75) is 160 Å². The number of allylic oxidation sites excluding steroid dienone is 1. The first-order chi connectivity index (χ1) is 34.7. The smallest absolute Gasteiger partial charge is 0.412 e. The lowest BCUT2D eigenvalue weighted by Crippen LogP contribution is -2.70. The topological polar surface area (TPSA) is 182 Å². The van der Waals surface area contributed by atoms with Crippen LogP contribution in [0.4, 0.5) is 10.5 Å². The van der Waals surface area contributed by atoms with Crippen molar-refractivity contribution in [3.8, 4) is 11.5 Å². The maximum absolute atomic E-state index is 14.9. The van der Waals surface area contributed by atoms with Crippen LogP contribution in [0.25, 0.3) is 0 Å². The summed E-state index contributed by atoms with van der Waals surface area (Å²) >= 11 is 0. The van der Waals surface area contributed by atoms with Crippen molar-refractivity contribution < 1.29 is 43.8 Å². The highest BCUT2D eigenvalue weighted by Gasteiger charge is 2.65. The predicted octanol–water partition coefficient (Wildman–Crippen LogP) is 11.9. The van der Waals surface area contributed by atoms with Crippen molar-refractivity contribution in [1.82, 2.24) is 10.2 Å². The summed E-state index contributed by atoms with van der Waals surface area (Å²) in [5.41, 5.74) is 3.99. The van der Waals surface area contributed by atoms with Gasteiger partial charge in [-0.05, 0) is 97.4 Å². The number of amides is 2. The van der Waals surface area contributed by atoms with Crippen molar-refractivity contribution in [3.63, 3.8) is 0 Å². The molecule has 0 spiro atoms. The molecule has 1 saturated carbocycles. The van der Waals surface area contributed by atoms with Gasteiger partial charge in [0.2, 0.25) is 11.7 Å². The molecule has 3 aromatic rings. The van der Waals surface area contributed by atoms with Crippen molar-refractivity contribution >= 4 is 23.4 Å². The highest BCUT2D eigenvalue weighted by atomic mass is 16.7. The molecule has 2 amide bonds. The molecule has 6 atom stereocenters.